The SMILES string of the molecule is CC(=O)Nc1ccc(C2=C(Nc3ccc(C)cc3)C(=O)N(c3ccccc3C)C2=O)cc1. The Kier molecular flexibility index (Phi) is 5.60. The van der Waals surface area contributed by atoms with E-state index in [9.17, 15) is 14.4 Å². The highest BCUT2D eigenvalue weighted by molar-refractivity contribution is 6.46. The molecule has 0 saturated heterocycles. The molecule has 1 heterocycles. The number of hydrogen-bond acceptors (Lipinski definition) is 4. The van der Waals surface area contributed by atoms with Crippen LogP contribution < -0.4 is 15.5 Å². The minimum absolute atomic E-state index is 0.184. The number of aryl methyl sites for hydroxylation is 2. The van der Waals surface area contributed by atoms with Crippen LogP contribution in [0.1, 0.15) is 23.6 Å². The van der Waals surface area contributed by atoms with E-state index in [0.717, 1.165) is 11.1 Å². The Morgan fingerprint density at radius 1 is 0.781 bits per heavy atom. The summed E-state index contributed by atoms with van der Waals surface area (Å²) < 4.78 is 0. The van der Waals surface area contributed by atoms with Gasteiger partial charge in [0.25, 0.3) is 11.8 Å². The van der Waals surface area contributed by atoms with Gasteiger partial charge in [-0.2, -0.15) is 0 Å². The molecule has 1 aliphatic rings. The van der Waals surface area contributed by atoms with Crippen molar-refractivity contribution < 1.29 is 14.4 Å². The first-order chi connectivity index (χ1) is 15.3. The Labute approximate surface area is 186 Å². The maximum atomic E-state index is 13.5. The van der Waals surface area contributed by atoms with E-state index in [1.165, 1.54) is 11.8 Å². The minimum Gasteiger partial charge on any atom is -0.350 e. The van der Waals surface area contributed by atoms with E-state index in [4.69, 9.17) is 0 Å². The van der Waals surface area contributed by atoms with Crippen LogP contribution in [0.4, 0.5) is 17.1 Å². The van der Waals surface area contributed by atoms with Gasteiger partial charge in [-0.25, -0.2) is 4.90 Å². The predicted molar refractivity (Wildman–Crippen MR) is 126 cm³/mol. The lowest BCUT2D eigenvalue weighted by molar-refractivity contribution is -0.120. The van der Waals surface area contributed by atoms with Gasteiger partial charge in [-0.1, -0.05) is 48.0 Å². The number of anilines is 3. The van der Waals surface area contributed by atoms with Crippen molar-refractivity contribution in [2.45, 2.75) is 20.8 Å². The van der Waals surface area contributed by atoms with Gasteiger partial charge in [0.15, 0.2) is 0 Å². The van der Waals surface area contributed by atoms with Gasteiger partial charge < -0.3 is 10.6 Å². The molecule has 0 aliphatic carbocycles. The molecule has 32 heavy (non-hydrogen) atoms. The van der Waals surface area contributed by atoms with Gasteiger partial charge >= 0.3 is 0 Å². The maximum Gasteiger partial charge on any atom is 0.282 e. The number of hydrogen-bond donors (Lipinski definition) is 2. The van der Waals surface area contributed by atoms with E-state index in [-0.39, 0.29) is 17.2 Å². The molecule has 4 rings (SSSR count). The average Bonchev–Trinajstić information content (AvgIpc) is 3.00. The van der Waals surface area contributed by atoms with Crippen molar-refractivity contribution in [3.8, 4) is 0 Å². The number of benzene rings is 3. The third-order valence-electron chi connectivity index (χ3n) is 5.26. The molecule has 6 heteroatoms. The quantitative estimate of drug-likeness (QED) is 0.583. The molecule has 160 valence electrons. The fourth-order valence-electron chi connectivity index (χ4n) is 3.65. The van der Waals surface area contributed by atoms with Crippen molar-refractivity contribution in [2.75, 3.05) is 15.5 Å². The fraction of sp³-hybridized carbons (Fsp3) is 0.115. The van der Waals surface area contributed by atoms with Gasteiger partial charge in [-0.15, -0.1) is 0 Å². The van der Waals surface area contributed by atoms with Crippen LogP contribution in [0.5, 0.6) is 0 Å². The number of rotatable bonds is 5. The molecule has 0 saturated carbocycles. The largest absolute Gasteiger partial charge is 0.350 e. The normalized spacial score (nSPS) is 13.5. The summed E-state index contributed by atoms with van der Waals surface area (Å²) >= 11 is 0. The Hall–Kier alpha value is -4.19. The second-order valence-corrected chi connectivity index (χ2v) is 7.73. The van der Waals surface area contributed by atoms with E-state index in [2.05, 4.69) is 10.6 Å². The summed E-state index contributed by atoms with van der Waals surface area (Å²) in [6.45, 7) is 5.28. The van der Waals surface area contributed by atoms with E-state index in [1.807, 2.05) is 50.2 Å². The molecule has 3 aromatic carbocycles. The molecule has 3 aromatic rings. The third-order valence-corrected chi connectivity index (χ3v) is 5.26. The second kappa shape index (κ2) is 8.51. The highest BCUT2D eigenvalue weighted by Crippen LogP contribution is 2.35. The first kappa shape index (κ1) is 21.1. The molecule has 3 amide bonds. The molecule has 0 fully saturated rings. The topological polar surface area (TPSA) is 78.5 Å². The lowest BCUT2D eigenvalue weighted by atomic mass is 10.0. The van der Waals surface area contributed by atoms with Gasteiger partial charge in [0.2, 0.25) is 5.91 Å². The smallest absolute Gasteiger partial charge is 0.282 e. The summed E-state index contributed by atoms with van der Waals surface area (Å²) in [5.74, 6) is -0.992. The predicted octanol–water partition coefficient (Wildman–Crippen LogP) is 4.66. The first-order valence-electron chi connectivity index (χ1n) is 10.3. The molecule has 0 unspecified atom stereocenters. The van der Waals surface area contributed by atoms with Gasteiger partial charge in [-0.05, 0) is 55.3 Å². The standard InChI is InChI=1S/C26H23N3O3/c1-16-8-12-21(13-9-16)28-24-23(19-10-14-20(15-11-19)27-18(3)30)25(31)29(26(24)32)22-7-5-4-6-17(22)2/h4-15,28H,1-3H3,(H,27,30). The Morgan fingerprint density at radius 3 is 2.03 bits per heavy atom. The molecular formula is C26H23N3O3. The Balaban J connectivity index is 1.79. The second-order valence-electron chi connectivity index (χ2n) is 7.73. The van der Waals surface area contributed by atoms with Crippen molar-refractivity contribution in [1.82, 2.24) is 0 Å². The molecule has 0 radical (unpaired) electrons. The number of nitrogens with one attached hydrogen (secondary N) is 2. The maximum absolute atomic E-state index is 13.5. The van der Waals surface area contributed by atoms with E-state index in [1.54, 1.807) is 36.4 Å². The Bertz CT molecular complexity index is 1240. The zero-order chi connectivity index (χ0) is 22.8. The molecule has 6 nitrogen and oxygen atoms in total. The number of carbonyl (C=O) groups is 3. The van der Waals surface area contributed by atoms with Crippen LogP contribution in [0.15, 0.2) is 78.5 Å². The van der Waals surface area contributed by atoms with Crippen molar-refractivity contribution in [3.05, 3.63) is 95.2 Å². The molecule has 0 atom stereocenters. The van der Waals surface area contributed by atoms with E-state index >= 15 is 0 Å². The van der Waals surface area contributed by atoms with Crippen LogP contribution in [0.3, 0.4) is 0 Å². The summed E-state index contributed by atoms with van der Waals surface area (Å²) in [6, 6.07) is 21.8. The number of amides is 3. The Morgan fingerprint density at radius 2 is 1.41 bits per heavy atom. The van der Waals surface area contributed by atoms with Gasteiger partial charge in [0, 0.05) is 18.3 Å². The van der Waals surface area contributed by atoms with E-state index in [0.29, 0.717) is 22.6 Å². The zero-order valence-corrected chi connectivity index (χ0v) is 18.1. The highest BCUT2D eigenvalue weighted by Gasteiger charge is 2.40. The van der Waals surface area contributed by atoms with Crippen LogP contribution in [0, 0.1) is 13.8 Å². The van der Waals surface area contributed by atoms with Crippen LogP contribution in [-0.2, 0) is 14.4 Å². The molecule has 0 bridgehead atoms. The van der Waals surface area contributed by atoms with Gasteiger partial charge in [0.1, 0.15) is 5.70 Å². The van der Waals surface area contributed by atoms with Crippen LogP contribution in [0.2, 0.25) is 0 Å². The molecular weight excluding hydrogens is 402 g/mol. The number of imide groups is 1. The van der Waals surface area contributed by atoms with Crippen LogP contribution >= 0.6 is 0 Å². The zero-order valence-electron chi connectivity index (χ0n) is 18.1. The lowest BCUT2D eigenvalue weighted by Crippen LogP contribution is -2.33. The minimum atomic E-state index is -0.411. The van der Waals surface area contributed by atoms with Crippen LogP contribution in [-0.4, -0.2) is 17.7 Å². The van der Waals surface area contributed by atoms with Crippen molar-refractivity contribution >= 4 is 40.4 Å². The number of carbonyl (C=O) groups excluding carboxylic acids is 3. The first-order valence-corrected chi connectivity index (χ1v) is 10.3. The highest BCUT2D eigenvalue weighted by atomic mass is 16.2. The molecule has 0 aromatic heterocycles. The number of para-hydroxylation sites is 1. The summed E-state index contributed by atoms with van der Waals surface area (Å²) in [4.78, 5) is 39.5. The molecule has 0 spiro atoms. The summed E-state index contributed by atoms with van der Waals surface area (Å²) in [5, 5.41) is 5.87. The lowest BCUT2D eigenvalue weighted by Gasteiger charge is -2.17. The summed E-state index contributed by atoms with van der Waals surface area (Å²) in [5.41, 5.74) is 4.88. The van der Waals surface area contributed by atoms with Crippen molar-refractivity contribution in [2.24, 2.45) is 0 Å². The van der Waals surface area contributed by atoms with E-state index < -0.39 is 11.8 Å². The summed E-state index contributed by atoms with van der Waals surface area (Å²) in [7, 11) is 0. The third kappa shape index (κ3) is 4.03. The fourth-order valence-corrected chi connectivity index (χ4v) is 3.65. The van der Waals surface area contributed by atoms with Gasteiger partial charge in [-0.3, -0.25) is 14.4 Å². The summed E-state index contributed by atoms with van der Waals surface area (Å²) in [6.07, 6.45) is 0. The van der Waals surface area contributed by atoms with Gasteiger partial charge in [0.05, 0.1) is 11.3 Å². The van der Waals surface area contributed by atoms with Crippen molar-refractivity contribution in [1.29, 1.82) is 0 Å². The average molecular weight is 425 g/mol. The van der Waals surface area contributed by atoms with Crippen molar-refractivity contribution in [3.63, 3.8) is 0 Å². The molecule has 2 N–H and O–H groups in total. The van der Waals surface area contributed by atoms with Crippen LogP contribution in [0.25, 0.3) is 5.57 Å². The number of nitrogens with zero attached hydrogens (tertiary/aromatic N) is 1. The molecule has 1 aliphatic heterocycles. The monoisotopic (exact) mass is 425 g/mol.